The summed E-state index contributed by atoms with van der Waals surface area (Å²) in [4.78, 5) is 4.30. The second-order valence-corrected chi connectivity index (χ2v) is 5.67. The highest BCUT2D eigenvalue weighted by Gasteiger charge is 2.26. The largest absolute Gasteiger partial charge is 0.496 e. The molecule has 3 atom stereocenters. The lowest BCUT2D eigenvalue weighted by molar-refractivity contribution is 0.410. The number of rotatable bonds is 2. The van der Waals surface area contributed by atoms with Gasteiger partial charge in [-0.1, -0.05) is 37.0 Å². The minimum atomic E-state index is -0.200. The lowest BCUT2D eigenvalue weighted by atomic mass is 9.84. The highest BCUT2D eigenvalue weighted by Crippen LogP contribution is 2.38. The zero-order valence-corrected chi connectivity index (χ0v) is 12.7. The standard InChI is InChI=1S/C15H17Cl2NO/c1-9-10(2)15(17)18-7-6-12(9)13-8-11(16)4-5-14(13)19-3/h4-10,15H,1-3H3. The van der Waals surface area contributed by atoms with Crippen molar-refractivity contribution in [3.05, 3.63) is 34.9 Å². The zero-order chi connectivity index (χ0) is 14.0. The predicted molar refractivity (Wildman–Crippen MR) is 82.4 cm³/mol. The Hall–Kier alpha value is -0.990. The monoisotopic (exact) mass is 297 g/mol. The molecule has 1 aliphatic heterocycles. The van der Waals surface area contributed by atoms with Crippen molar-refractivity contribution in [1.82, 2.24) is 0 Å². The van der Waals surface area contributed by atoms with Crippen molar-refractivity contribution in [2.24, 2.45) is 16.8 Å². The first-order valence-electron chi connectivity index (χ1n) is 6.26. The second kappa shape index (κ2) is 5.98. The van der Waals surface area contributed by atoms with Crippen LogP contribution in [0.1, 0.15) is 19.4 Å². The highest BCUT2D eigenvalue weighted by molar-refractivity contribution is 6.30. The minimum absolute atomic E-state index is 0.200. The first-order valence-corrected chi connectivity index (χ1v) is 7.07. The SMILES string of the molecule is COc1ccc(Cl)cc1C1=CC=NC(Cl)C(C)C1C. The van der Waals surface area contributed by atoms with Crippen LogP contribution in [0.3, 0.4) is 0 Å². The van der Waals surface area contributed by atoms with Crippen molar-refractivity contribution >= 4 is 35.0 Å². The van der Waals surface area contributed by atoms with Crippen molar-refractivity contribution in [3.8, 4) is 5.75 Å². The van der Waals surface area contributed by atoms with E-state index in [1.165, 1.54) is 0 Å². The van der Waals surface area contributed by atoms with Crippen molar-refractivity contribution in [2.75, 3.05) is 7.11 Å². The lowest BCUT2D eigenvalue weighted by Crippen LogP contribution is -2.17. The molecule has 0 aromatic heterocycles. The van der Waals surface area contributed by atoms with E-state index < -0.39 is 0 Å². The summed E-state index contributed by atoms with van der Waals surface area (Å²) in [6.45, 7) is 4.26. The number of methoxy groups -OCH3 is 1. The lowest BCUT2D eigenvalue weighted by Gasteiger charge is -2.24. The summed E-state index contributed by atoms with van der Waals surface area (Å²) in [6, 6.07) is 5.64. The average Bonchev–Trinajstić information content (AvgIpc) is 2.52. The topological polar surface area (TPSA) is 21.6 Å². The van der Waals surface area contributed by atoms with Crippen LogP contribution in [0.25, 0.3) is 5.57 Å². The third-order valence-electron chi connectivity index (χ3n) is 3.67. The molecule has 0 saturated heterocycles. The smallest absolute Gasteiger partial charge is 0.126 e. The number of alkyl halides is 1. The quantitative estimate of drug-likeness (QED) is 0.575. The Morgan fingerprint density at radius 2 is 2.00 bits per heavy atom. The van der Waals surface area contributed by atoms with Gasteiger partial charge in [0.15, 0.2) is 0 Å². The number of hydrogen-bond donors (Lipinski definition) is 0. The molecule has 0 radical (unpaired) electrons. The van der Waals surface area contributed by atoms with Gasteiger partial charge in [0.05, 0.1) is 7.11 Å². The van der Waals surface area contributed by atoms with Crippen LogP contribution in [-0.4, -0.2) is 18.8 Å². The second-order valence-electron chi connectivity index (χ2n) is 4.79. The Morgan fingerprint density at radius 1 is 1.26 bits per heavy atom. The molecular formula is C15H17Cl2NO. The molecular weight excluding hydrogens is 281 g/mol. The Labute approximate surface area is 124 Å². The molecule has 0 saturated carbocycles. The number of halogens is 2. The number of nitrogens with zero attached hydrogens (tertiary/aromatic N) is 1. The van der Waals surface area contributed by atoms with Crippen LogP contribution in [0.4, 0.5) is 0 Å². The third-order valence-corrected chi connectivity index (χ3v) is 4.41. The molecule has 0 aliphatic carbocycles. The maximum Gasteiger partial charge on any atom is 0.126 e. The third kappa shape index (κ3) is 2.96. The fourth-order valence-electron chi connectivity index (χ4n) is 2.26. The summed E-state index contributed by atoms with van der Waals surface area (Å²) in [7, 11) is 1.66. The first-order chi connectivity index (χ1) is 9.04. The molecule has 1 heterocycles. The molecule has 1 aromatic rings. The molecule has 1 aliphatic rings. The van der Waals surface area contributed by atoms with Gasteiger partial charge in [0.25, 0.3) is 0 Å². The van der Waals surface area contributed by atoms with E-state index in [-0.39, 0.29) is 17.3 Å². The van der Waals surface area contributed by atoms with E-state index in [0.717, 1.165) is 16.9 Å². The summed E-state index contributed by atoms with van der Waals surface area (Å²) in [6.07, 6.45) is 3.77. The molecule has 3 unspecified atom stereocenters. The van der Waals surface area contributed by atoms with Crippen molar-refractivity contribution < 1.29 is 4.74 Å². The number of aliphatic imine (C=N–C) groups is 1. The molecule has 0 fully saturated rings. The van der Waals surface area contributed by atoms with Gasteiger partial charge in [-0.25, -0.2) is 0 Å². The van der Waals surface area contributed by atoms with Gasteiger partial charge >= 0.3 is 0 Å². The zero-order valence-electron chi connectivity index (χ0n) is 11.2. The molecule has 2 rings (SSSR count). The first kappa shape index (κ1) is 14.4. The summed E-state index contributed by atoms with van der Waals surface area (Å²) in [5, 5.41) is 0.695. The number of ether oxygens (including phenoxy) is 1. The Kier molecular flexibility index (Phi) is 4.54. The van der Waals surface area contributed by atoms with Crippen LogP contribution in [0.2, 0.25) is 5.02 Å². The fourth-order valence-corrected chi connectivity index (χ4v) is 2.71. The van der Waals surface area contributed by atoms with Gasteiger partial charge in [-0.2, -0.15) is 0 Å². The van der Waals surface area contributed by atoms with Crippen LogP contribution in [0.5, 0.6) is 5.75 Å². The maximum atomic E-state index is 6.24. The fraction of sp³-hybridized carbons (Fsp3) is 0.400. The molecule has 0 spiro atoms. The molecule has 1 aromatic carbocycles. The van der Waals surface area contributed by atoms with Crippen LogP contribution < -0.4 is 4.74 Å². The van der Waals surface area contributed by atoms with Crippen LogP contribution in [-0.2, 0) is 0 Å². The molecule has 19 heavy (non-hydrogen) atoms. The average molecular weight is 298 g/mol. The van der Waals surface area contributed by atoms with Gasteiger partial charge in [0.2, 0.25) is 0 Å². The summed E-state index contributed by atoms with van der Waals surface area (Å²) < 4.78 is 5.43. The van der Waals surface area contributed by atoms with Gasteiger partial charge in [-0.3, -0.25) is 4.99 Å². The van der Waals surface area contributed by atoms with Crippen LogP contribution in [0.15, 0.2) is 29.3 Å². The molecule has 2 nitrogen and oxygen atoms in total. The van der Waals surface area contributed by atoms with E-state index in [0.29, 0.717) is 5.02 Å². The van der Waals surface area contributed by atoms with Crippen molar-refractivity contribution in [2.45, 2.75) is 19.3 Å². The normalized spacial score (nSPS) is 26.8. The van der Waals surface area contributed by atoms with Gasteiger partial charge < -0.3 is 4.74 Å². The molecule has 0 bridgehead atoms. The summed E-state index contributed by atoms with van der Waals surface area (Å²) in [5.41, 5.74) is 1.96. The van der Waals surface area contributed by atoms with E-state index in [4.69, 9.17) is 27.9 Å². The number of allylic oxidation sites excluding steroid dienone is 2. The van der Waals surface area contributed by atoms with Crippen molar-refractivity contribution in [1.29, 1.82) is 0 Å². The highest BCUT2D eigenvalue weighted by atomic mass is 35.5. The maximum absolute atomic E-state index is 6.24. The molecule has 4 heteroatoms. The molecule has 102 valence electrons. The van der Waals surface area contributed by atoms with Crippen LogP contribution in [0, 0.1) is 11.8 Å². The van der Waals surface area contributed by atoms with E-state index in [1.807, 2.05) is 24.3 Å². The van der Waals surface area contributed by atoms with Gasteiger partial charge in [0, 0.05) is 16.8 Å². The number of benzene rings is 1. The van der Waals surface area contributed by atoms with Gasteiger partial charge in [0.1, 0.15) is 11.3 Å². The Bertz CT molecular complexity index is 525. The molecule has 0 amide bonds. The predicted octanol–water partition coefficient (Wildman–Crippen LogP) is 4.65. The minimum Gasteiger partial charge on any atom is -0.496 e. The van der Waals surface area contributed by atoms with Crippen LogP contribution >= 0.6 is 23.2 Å². The van der Waals surface area contributed by atoms with E-state index in [1.54, 1.807) is 13.3 Å². The Balaban J connectivity index is 2.49. The molecule has 0 N–H and O–H groups in total. The summed E-state index contributed by atoms with van der Waals surface area (Å²) >= 11 is 12.3. The van der Waals surface area contributed by atoms with Crippen molar-refractivity contribution in [3.63, 3.8) is 0 Å². The summed E-state index contributed by atoms with van der Waals surface area (Å²) in [5.74, 6) is 1.34. The van der Waals surface area contributed by atoms with E-state index in [2.05, 4.69) is 18.8 Å². The Morgan fingerprint density at radius 3 is 2.68 bits per heavy atom. The van der Waals surface area contributed by atoms with E-state index in [9.17, 15) is 0 Å². The van der Waals surface area contributed by atoms with Gasteiger partial charge in [-0.05, 0) is 41.7 Å². The number of hydrogen-bond acceptors (Lipinski definition) is 2. The van der Waals surface area contributed by atoms with Gasteiger partial charge in [-0.15, -0.1) is 0 Å². The van der Waals surface area contributed by atoms with E-state index >= 15 is 0 Å².